The molecule has 1 aliphatic rings. The number of hydrogen-bond donors (Lipinski definition) is 0. The van der Waals surface area contributed by atoms with E-state index in [1.165, 1.54) is 6.07 Å². The van der Waals surface area contributed by atoms with Crippen LogP contribution in [0, 0.1) is 15.9 Å². The molecule has 2 rings (SSSR count). The lowest BCUT2D eigenvalue weighted by Gasteiger charge is -2.32. The molecule has 0 spiro atoms. The topological polar surface area (TPSA) is 61.6 Å². The van der Waals surface area contributed by atoms with Crippen LogP contribution in [-0.2, 0) is 9.31 Å². The van der Waals surface area contributed by atoms with E-state index in [2.05, 4.69) is 0 Å². The molecule has 1 fully saturated rings. The Morgan fingerprint density at radius 2 is 1.75 bits per heavy atom. The molecule has 0 saturated carbocycles. The van der Waals surface area contributed by atoms with Crippen LogP contribution in [-0.4, -0.2) is 23.2 Å². The normalized spacial score (nSPS) is 20.2. The molecule has 5 nitrogen and oxygen atoms in total. The second-order valence-electron chi connectivity index (χ2n) is 5.68. The fraction of sp³-hybridized carbons (Fsp3) is 0.500. The predicted molar refractivity (Wildman–Crippen MR) is 73.8 cm³/mol. The van der Waals surface area contributed by atoms with Crippen molar-refractivity contribution in [2.45, 2.75) is 38.9 Å². The number of nitro groups is 1. The van der Waals surface area contributed by atoms with E-state index in [4.69, 9.17) is 20.9 Å². The number of nitro benzene ring substituents is 1. The summed E-state index contributed by atoms with van der Waals surface area (Å²) in [4.78, 5) is 10.00. The summed E-state index contributed by atoms with van der Waals surface area (Å²) in [7, 11) is -0.822. The fourth-order valence-corrected chi connectivity index (χ4v) is 2.07. The SMILES string of the molecule is CC1(C)OB(c2cc(Cl)c(F)c([N+](=O)[O-])c2)OC1(C)C. The Morgan fingerprint density at radius 3 is 2.20 bits per heavy atom. The molecular weight excluding hydrogens is 287 g/mol. The summed E-state index contributed by atoms with van der Waals surface area (Å²) in [6.45, 7) is 7.41. The van der Waals surface area contributed by atoms with Gasteiger partial charge < -0.3 is 9.31 Å². The summed E-state index contributed by atoms with van der Waals surface area (Å²) in [6.07, 6.45) is 0. The maximum Gasteiger partial charge on any atom is 0.495 e. The van der Waals surface area contributed by atoms with Gasteiger partial charge >= 0.3 is 12.8 Å². The lowest BCUT2D eigenvalue weighted by Crippen LogP contribution is -2.41. The van der Waals surface area contributed by atoms with E-state index in [1.807, 2.05) is 27.7 Å². The van der Waals surface area contributed by atoms with Crippen LogP contribution in [0.1, 0.15) is 27.7 Å². The molecule has 8 heteroatoms. The molecule has 108 valence electrons. The first-order valence-corrected chi connectivity index (χ1v) is 6.42. The second kappa shape index (κ2) is 4.68. The summed E-state index contributed by atoms with van der Waals surface area (Å²) in [6, 6.07) is 2.37. The lowest BCUT2D eigenvalue weighted by atomic mass is 9.79. The number of halogens is 2. The molecule has 1 saturated heterocycles. The van der Waals surface area contributed by atoms with Crippen molar-refractivity contribution in [3.05, 3.63) is 33.1 Å². The zero-order valence-corrected chi connectivity index (χ0v) is 12.3. The Bertz CT molecular complexity index is 563. The summed E-state index contributed by atoms with van der Waals surface area (Å²) >= 11 is 5.69. The van der Waals surface area contributed by atoms with Crippen molar-refractivity contribution in [1.82, 2.24) is 0 Å². The minimum absolute atomic E-state index is 0.321. The minimum Gasteiger partial charge on any atom is -0.399 e. The van der Waals surface area contributed by atoms with E-state index in [-0.39, 0.29) is 5.02 Å². The van der Waals surface area contributed by atoms with Gasteiger partial charge in [-0.05, 0) is 39.2 Å². The first kappa shape index (κ1) is 15.2. The highest BCUT2D eigenvalue weighted by Gasteiger charge is 2.52. The lowest BCUT2D eigenvalue weighted by molar-refractivity contribution is -0.387. The molecule has 1 aromatic rings. The van der Waals surface area contributed by atoms with Crippen molar-refractivity contribution >= 4 is 29.9 Å². The van der Waals surface area contributed by atoms with E-state index in [9.17, 15) is 14.5 Å². The third-order valence-corrected chi connectivity index (χ3v) is 4.03. The zero-order valence-electron chi connectivity index (χ0n) is 11.6. The Hall–Kier alpha value is -1.18. The summed E-state index contributed by atoms with van der Waals surface area (Å²) in [5.74, 6) is -1.06. The van der Waals surface area contributed by atoms with Crippen molar-refractivity contribution < 1.29 is 18.6 Å². The quantitative estimate of drug-likeness (QED) is 0.479. The van der Waals surface area contributed by atoms with Crippen molar-refractivity contribution in [2.24, 2.45) is 0 Å². The molecule has 0 N–H and O–H groups in total. The third-order valence-electron chi connectivity index (χ3n) is 3.75. The number of hydrogen-bond acceptors (Lipinski definition) is 4. The minimum atomic E-state index is -1.06. The van der Waals surface area contributed by atoms with E-state index < -0.39 is 34.7 Å². The fourth-order valence-electron chi connectivity index (χ4n) is 1.84. The van der Waals surface area contributed by atoms with Gasteiger partial charge in [-0.1, -0.05) is 11.6 Å². The van der Waals surface area contributed by atoms with Gasteiger partial charge in [0.15, 0.2) is 0 Å². The van der Waals surface area contributed by atoms with E-state index in [0.717, 1.165) is 6.07 Å². The molecule has 0 amide bonds. The van der Waals surface area contributed by atoms with Crippen molar-refractivity contribution in [3.8, 4) is 0 Å². The van der Waals surface area contributed by atoms with Gasteiger partial charge in [-0.3, -0.25) is 10.1 Å². The van der Waals surface area contributed by atoms with Crippen LogP contribution in [0.4, 0.5) is 10.1 Å². The van der Waals surface area contributed by atoms with Gasteiger partial charge in [0.1, 0.15) is 0 Å². The molecule has 1 aromatic carbocycles. The second-order valence-corrected chi connectivity index (χ2v) is 6.09. The molecule has 1 aliphatic heterocycles. The van der Waals surface area contributed by atoms with Crippen molar-refractivity contribution in [3.63, 3.8) is 0 Å². The first-order valence-electron chi connectivity index (χ1n) is 6.04. The molecule has 0 bridgehead atoms. The van der Waals surface area contributed by atoms with Crippen LogP contribution in [0.25, 0.3) is 0 Å². The van der Waals surface area contributed by atoms with E-state index in [0.29, 0.717) is 5.46 Å². The molecule has 20 heavy (non-hydrogen) atoms. The van der Waals surface area contributed by atoms with Crippen LogP contribution in [0.5, 0.6) is 0 Å². The highest BCUT2D eigenvalue weighted by atomic mass is 35.5. The zero-order chi connectivity index (χ0) is 15.3. The standard InChI is InChI=1S/C12H14BClFNO4/c1-11(2)12(3,4)20-13(19-11)7-5-8(14)10(15)9(6-7)16(17)18/h5-6H,1-4H3. The largest absolute Gasteiger partial charge is 0.495 e. The molecule has 0 radical (unpaired) electrons. The number of benzene rings is 1. The summed E-state index contributed by atoms with van der Waals surface area (Å²) < 4.78 is 25.1. The maximum atomic E-state index is 13.6. The summed E-state index contributed by atoms with van der Waals surface area (Å²) in [5, 5.41) is 10.5. The molecule has 0 aliphatic carbocycles. The van der Waals surface area contributed by atoms with Crippen molar-refractivity contribution in [2.75, 3.05) is 0 Å². The Kier molecular flexibility index (Phi) is 3.56. The van der Waals surface area contributed by atoms with Crippen molar-refractivity contribution in [1.29, 1.82) is 0 Å². The van der Waals surface area contributed by atoms with E-state index in [1.54, 1.807) is 0 Å². The van der Waals surface area contributed by atoms with Gasteiger partial charge in [-0.25, -0.2) is 0 Å². The van der Waals surface area contributed by atoms with Crippen LogP contribution in [0.15, 0.2) is 12.1 Å². The van der Waals surface area contributed by atoms with Crippen LogP contribution < -0.4 is 5.46 Å². The smallest absolute Gasteiger partial charge is 0.399 e. The summed E-state index contributed by atoms with van der Waals surface area (Å²) in [5.41, 5.74) is -1.55. The molecule has 0 atom stereocenters. The predicted octanol–water partition coefficient (Wildman–Crippen LogP) is 2.69. The van der Waals surface area contributed by atoms with Gasteiger partial charge in [0.05, 0.1) is 21.1 Å². The molecule has 0 unspecified atom stereocenters. The van der Waals surface area contributed by atoms with Gasteiger partial charge in [0.2, 0.25) is 5.82 Å². The number of nitrogens with zero attached hydrogens (tertiary/aromatic N) is 1. The van der Waals surface area contributed by atoms with Crippen LogP contribution >= 0.6 is 11.6 Å². The van der Waals surface area contributed by atoms with Gasteiger partial charge in [-0.2, -0.15) is 4.39 Å². The third kappa shape index (κ3) is 2.41. The molecule has 0 aromatic heterocycles. The Labute approximate surface area is 121 Å². The van der Waals surface area contributed by atoms with Crippen LogP contribution in [0.2, 0.25) is 5.02 Å². The Morgan fingerprint density at radius 1 is 1.25 bits per heavy atom. The first-order chi connectivity index (χ1) is 9.05. The monoisotopic (exact) mass is 301 g/mol. The molecular formula is C12H14BClFNO4. The Balaban J connectivity index is 2.43. The van der Waals surface area contributed by atoms with Gasteiger partial charge in [0, 0.05) is 6.07 Å². The highest BCUT2D eigenvalue weighted by Crippen LogP contribution is 2.37. The average Bonchev–Trinajstić information content (AvgIpc) is 2.51. The average molecular weight is 302 g/mol. The van der Waals surface area contributed by atoms with Crippen LogP contribution in [0.3, 0.4) is 0 Å². The van der Waals surface area contributed by atoms with Gasteiger partial charge in [-0.15, -0.1) is 0 Å². The van der Waals surface area contributed by atoms with Gasteiger partial charge in [0.25, 0.3) is 0 Å². The highest BCUT2D eigenvalue weighted by molar-refractivity contribution is 6.62. The number of rotatable bonds is 2. The molecule has 1 heterocycles. The maximum absolute atomic E-state index is 13.6. The van der Waals surface area contributed by atoms with E-state index >= 15 is 0 Å².